The SMILES string of the molecule is OC1CCCOc2c(Cl)cc(-c3ccccc3)cc21. The minimum Gasteiger partial charge on any atom is -0.492 e. The van der Waals surface area contributed by atoms with E-state index in [4.69, 9.17) is 16.3 Å². The number of ether oxygens (including phenoxy) is 1. The van der Waals surface area contributed by atoms with Crippen LogP contribution in [-0.4, -0.2) is 11.7 Å². The monoisotopic (exact) mass is 274 g/mol. The zero-order valence-corrected chi connectivity index (χ0v) is 11.2. The van der Waals surface area contributed by atoms with Gasteiger partial charge < -0.3 is 9.84 Å². The van der Waals surface area contributed by atoms with Crippen molar-refractivity contribution in [3.05, 3.63) is 53.1 Å². The van der Waals surface area contributed by atoms with E-state index in [0.717, 1.165) is 23.1 Å². The molecule has 1 aliphatic rings. The first-order valence-corrected chi connectivity index (χ1v) is 6.83. The second kappa shape index (κ2) is 5.24. The Labute approximate surface area is 117 Å². The van der Waals surface area contributed by atoms with E-state index in [1.807, 2.05) is 42.5 Å². The Kier molecular flexibility index (Phi) is 3.45. The van der Waals surface area contributed by atoms with Gasteiger partial charge >= 0.3 is 0 Å². The van der Waals surface area contributed by atoms with Gasteiger partial charge in [-0.2, -0.15) is 0 Å². The van der Waals surface area contributed by atoms with Crippen molar-refractivity contribution >= 4 is 11.6 Å². The van der Waals surface area contributed by atoms with Crippen LogP contribution in [0.25, 0.3) is 11.1 Å². The van der Waals surface area contributed by atoms with Crippen molar-refractivity contribution in [2.45, 2.75) is 18.9 Å². The first-order chi connectivity index (χ1) is 9.25. The lowest BCUT2D eigenvalue weighted by Gasteiger charge is -2.15. The third-order valence-electron chi connectivity index (χ3n) is 3.41. The summed E-state index contributed by atoms with van der Waals surface area (Å²) >= 11 is 6.30. The number of aliphatic hydroxyl groups excluding tert-OH is 1. The van der Waals surface area contributed by atoms with Crippen LogP contribution in [-0.2, 0) is 0 Å². The van der Waals surface area contributed by atoms with Crippen LogP contribution in [0.2, 0.25) is 5.02 Å². The number of fused-ring (bicyclic) bond motifs is 1. The molecule has 3 rings (SSSR count). The quantitative estimate of drug-likeness (QED) is 0.844. The molecule has 0 amide bonds. The van der Waals surface area contributed by atoms with Gasteiger partial charge in [0, 0.05) is 5.56 Å². The summed E-state index contributed by atoms with van der Waals surface area (Å²) in [5.41, 5.74) is 2.89. The van der Waals surface area contributed by atoms with E-state index >= 15 is 0 Å². The molecule has 1 atom stereocenters. The average molecular weight is 275 g/mol. The number of hydrogen-bond donors (Lipinski definition) is 1. The maximum Gasteiger partial charge on any atom is 0.143 e. The van der Waals surface area contributed by atoms with Crippen LogP contribution in [0, 0.1) is 0 Å². The number of aliphatic hydroxyl groups is 1. The minimum atomic E-state index is -0.501. The predicted octanol–water partition coefficient (Wildman–Crippen LogP) is 4.21. The second-order valence-electron chi connectivity index (χ2n) is 4.75. The van der Waals surface area contributed by atoms with E-state index in [-0.39, 0.29) is 0 Å². The van der Waals surface area contributed by atoms with E-state index in [2.05, 4.69) is 0 Å². The molecule has 98 valence electrons. The molecule has 1 aliphatic heterocycles. The lowest BCUT2D eigenvalue weighted by atomic mass is 9.98. The van der Waals surface area contributed by atoms with Crippen molar-refractivity contribution in [3.63, 3.8) is 0 Å². The Morgan fingerprint density at radius 1 is 1.11 bits per heavy atom. The summed E-state index contributed by atoms with van der Waals surface area (Å²) in [7, 11) is 0. The van der Waals surface area contributed by atoms with Crippen LogP contribution in [0.3, 0.4) is 0 Å². The molecule has 19 heavy (non-hydrogen) atoms. The zero-order chi connectivity index (χ0) is 13.2. The van der Waals surface area contributed by atoms with Gasteiger partial charge in [0.2, 0.25) is 0 Å². The number of rotatable bonds is 1. The Balaban J connectivity index is 2.12. The molecule has 0 aliphatic carbocycles. The van der Waals surface area contributed by atoms with Gasteiger partial charge in [-0.25, -0.2) is 0 Å². The lowest BCUT2D eigenvalue weighted by Crippen LogP contribution is -1.98. The molecule has 0 aromatic heterocycles. The molecule has 2 nitrogen and oxygen atoms in total. The van der Waals surface area contributed by atoms with Crippen molar-refractivity contribution in [1.82, 2.24) is 0 Å². The highest BCUT2D eigenvalue weighted by molar-refractivity contribution is 6.32. The summed E-state index contributed by atoms with van der Waals surface area (Å²) in [5, 5.41) is 10.8. The van der Waals surface area contributed by atoms with Crippen LogP contribution in [0.1, 0.15) is 24.5 Å². The van der Waals surface area contributed by atoms with Crippen molar-refractivity contribution in [2.75, 3.05) is 6.61 Å². The smallest absolute Gasteiger partial charge is 0.143 e. The third-order valence-corrected chi connectivity index (χ3v) is 3.69. The molecule has 0 radical (unpaired) electrons. The van der Waals surface area contributed by atoms with Crippen LogP contribution in [0.4, 0.5) is 0 Å². The highest BCUT2D eigenvalue weighted by Crippen LogP contribution is 2.40. The van der Waals surface area contributed by atoms with Gasteiger partial charge in [0.1, 0.15) is 5.75 Å². The summed E-state index contributed by atoms with van der Waals surface area (Å²) in [6, 6.07) is 13.9. The zero-order valence-electron chi connectivity index (χ0n) is 10.5. The van der Waals surface area contributed by atoms with Crippen molar-refractivity contribution in [2.24, 2.45) is 0 Å². The molecule has 0 saturated carbocycles. The molecule has 0 spiro atoms. The van der Waals surface area contributed by atoms with Gasteiger partial charge in [0.05, 0.1) is 17.7 Å². The Hall–Kier alpha value is -1.51. The fourth-order valence-corrected chi connectivity index (χ4v) is 2.70. The maximum atomic E-state index is 10.2. The van der Waals surface area contributed by atoms with Gasteiger partial charge in [-0.3, -0.25) is 0 Å². The number of halogens is 1. The standard InChI is InChI=1S/C16H15ClO2/c17-14-10-12(11-5-2-1-3-6-11)9-13-15(18)7-4-8-19-16(13)14/h1-3,5-6,9-10,15,18H,4,7-8H2. The van der Waals surface area contributed by atoms with Crippen molar-refractivity contribution < 1.29 is 9.84 Å². The summed E-state index contributed by atoms with van der Waals surface area (Å²) in [6.45, 7) is 0.606. The Bertz CT molecular complexity index is 581. The molecule has 0 bridgehead atoms. The van der Waals surface area contributed by atoms with E-state index in [1.54, 1.807) is 0 Å². The minimum absolute atomic E-state index is 0.501. The van der Waals surface area contributed by atoms with Crippen LogP contribution in [0.5, 0.6) is 5.75 Å². The molecule has 1 unspecified atom stereocenters. The highest BCUT2D eigenvalue weighted by atomic mass is 35.5. The molecular weight excluding hydrogens is 260 g/mol. The number of hydrogen-bond acceptors (Lipinski definition) is 2. The van der Waals surface area contributed by atoms with Gasteiger partial charge in [-0.05, 0) is 36.1 Å². The normalized spacial score (nSPS) is 18.3. The number of benzene rings is 2. The third kappa shape index (κ3) is 2.46. The molecule has 1 heterocycles. The molecule has 3 heteroatoms. The fourth-order valence-electron chi connectivity index (χ4n) is 2.42. The Morgan fingerprint density at radius 3 is 2.68 bits per heavy atom. The van der Waals surface area contributed by atoms with Crippen LogP contribution < -0.4 is 4.74 Å². The average Bonchev–Trinajstić information content (AvgIpc) is 2.63. The predicted molar refractivity (Wildman–Crippen MR) is 76.6 cm³/mol. The summed E-state index contributed by atoms with van der Waals surface area (Å²) in [5.74, 6) is 0.631. The van der Waals surface area contributed by atoms with Gasteiger partial charge in [0.15, 0.2) is 0 Å². The van der Waals surface area contributed by atoms with E-state index in [0.29, 0.717) is 23.8 Å². The lowest BCUT2D eigenvalue weighted by molar-refractivity contribution is 0.167. The molecular formula is C16H15ClO2. The maximum absolute atomic E-state index is 10.2. The first kappa shape index (κ1) is 12.5. The summed E-state index contributed by atoms with van der Waals surface area (Å²) in [4.78, 5) is 0. The van der Waals surface area contributed by atoms with Crippen LogP contribution >= 0.6 is 11.6 Å². The van der Waals surface area contributed by atoms with Gasteiger partial charge in [-0.15, -0.1) is 0 Å². The molecule has 2 aromatic rings. The topological polar surface area (TPSA) is 29.5 Å². The summed E-state index contributed by atoms with van der Waals surface area (Å²) < 4.78 is 5.65. The Morgan fingerprint density at radius 2 is 1.89 bits per heavy atom. The van der Waals surface area contributed by atoms with Crippen molar-refractivity contribution in [3.8, 4) is 16.9 Å². The molecule has 0 saturated heterocycles. The second-order valence-corrected chi connectivity index (χ2v) is 5.16. The van der Waals surface area contributed by atoms with Crippen molar-refractivity contribution in [1.29, 1.82) is 0 Å². The first-order valence-electron chi connectivity index (χ1n) is 6.45. The largest absolute Gasteiger partial charge is 0.492 e. The fraction of sp³-hybridized carbons (Fsp3) is 0.250. The van der Waals surface area contributed by atoms with E-state index in [9.17, 15) is 5.11 Å². The van der Waals surface area contributed by atoms with Gasteiger partial charge in [-0.1, -0.05) is 41.9 Å². The van der Waals surface area contributed by atoms with Crippen LogP contribution in [0.15, 0.2) is 42.5 Å². The molecule has 0 fully saturated rings. The van der Waals surface area contributed by atoms with Gasteiger partial charge in [0.25, 0.3) is 0 Å². The van der Waals surface area contributed by atoms with E-state index in [1.165, 1.54) is 0 Å². The molecule has 2 aromatic carbocycles. The highest BCUT2D eigenvalue weighted by Gasteiger charge is 2.21. The molecule has 1 N–H and O–H groups in total. The summed E-state index contributed by atoms with van der Waals surface area (Å²) in [6.07, 6.45) is 1.05. The van der Waals surface area contributed by atoms with E-state index < -0.39 is 6.10 Å².